The normalized spacial score (nSPS) is 11.1. The number of nitriles is 1. The molecule has 0 bridgehead atoms. The zero-order valence-electron chi connectivity index (χ0n) is 9.71. The molecule has 0 aliphatic rings. The van der Waals surface area contributed by atoms with Crippen molar-refractivity contribution in [2.75, 3.05) is 23.9 Å². The van der Waals surface area contributed by atoms with Gasteiger partial charge < -0.3 is 5.32 Å². The number of hydrogen-bond acceptors (Lipinski definition) is 4. The molecular weight excluding hydrogens is 263 g/mol. The topological polar surface area (TPSA) is 48.7 Å². The first-order valence-corrected chi connectivity index (χ1v) is 6.59. The number of alkyl halides is 3. The highest BCUT2D eigenvalue weighted by atomic mass is 32.2. The summed E-state index contributed by atoms with van der Waals surface area (Å²) in [6.07, 6.45) is -1.75. The lowest BCUT2D eigenvalue weighted by molar-refractivity contribution is -0.141. The summed E-state index contributed by atoms with van der Waals surface area (Å²) in [5.41, 5.74) is -0.874. The molecular formula is C11H12F3N3S. The van der Waals surface area contributed by atoms with Gasteiger partial charge in [-0.05, 0) is 30.6 Å². The van der Waals surface area contributed by atoms with E-state index < -0.39 is 11.9 Å². The largest absolute Gasteiger partial charge is 0.433 e. The van der Waals surface area contributed by atoms with Crippen molar-refractivity contribution < 1.29 is 13.2 Å². The Morgan fingerprint density at radius 2 is 2.17 bits per heavy atom. The van der Waals surface area contributed by atoms with E-state index in [1.807, 2.05) is 12.3 Å². The summed E-state index contributed by atoms with van der Waals surface area (Å²) in [7, 11) is 0. The SMILES string of the molecule is CSCCCNc1nc(C(F)(F)F)ccc1C#N. The number of halogens is 3. The molecule has 0 unspecified atom stereocenters. The van der Waals surface area contributed by atoms with Gasteiger partial charge in [-0.2, -0.15) is 30.2 Å². The van der Waals surface area contributed by atoms with Gasteiger partial charge in [0.1, 0.15) is 17.6 Å². The van der Waals surface area contributed by atoms with Gasteiger partial charge in [0.25, 0.3) is 0 Å². The number of rotatable bonds is 5. The molecule has 1 aromatic heterocycles. The quantitative estimate of drug-likeness (QED) is 0.839. The average Bonchev–Trinajstić information content (AvgIpc) is 2.33. The molecule has 0 saturated heterocycles. The van der Waals surface area contributed by atoms with Crippen LogP contribution in [0.4, 0.5) is 19.0 Å². The predicted molar refractivity (Wildman–Crippen MR) is 65.4 cm³/mol. The second-order valence-corrected chi connectivity index (χ2v) is 4.46. The molecule has 98 valence electrons. The zero-order valence-corrected chi connectivity index (χ0v) is 10.5. The monoisotopic (exact) mass is 275 g/mol. The van der Waals surface area contributed by atoms with Gasteiger partial charge in [0.15, 0.2) is 0 Å². The van der Waals surface area contributed by atoms with Crippen LogP contribution < -0.4 is 5.32 Å². The second-order valence-electron chi connectivity index (χ2n) is 3.48. The highest BCUT2D eigenvalue weighted by Crippen LogP contribution is 2.29. The highest BCUT2D eigenvalue weighted by Gasteiger charge is 2.33. The Hall–Kier alpha value is -1.42. The molecule has 0 aliphatic heterocycles. The van der Waals surface area contributed by atoms with E-state index in [9.17, 15) is 13.2 Å². The molecule has 1 heterocycles. The molecule has 0 saturated carbocycles. The maximum atomic E-state index is 12.5. The fraction of sp³-hybridized carbons (Fsp3) is 0.455. The Balaban J connectivity index is 2.83. The molecule has 18 heavy (non-hydrogen) atoms. The van der Waals surface area contributed by atoms with Crippen LogP contribution in [0.25, 0.3) is 0 Å². The van der Waals surface area contributed by atoms with Crippen molar-refractivity contribution in [3.05, 3.63) is 23.4 Å². The molecule has 1 N–H and O–H groups in total. The summed E-state index contributed by atoms with van der Waals surface area (Å²) in [6.45, 7) is 0.490. The molecule has 0 aliphatic carbocycles. The molecule has 1 rings (SSSR count). The molecule has 3 nitrogen and oxygen atoms in total. The zero-order chi connectivity index (χ0) is 13.6. The van der Waals surface area contributed by atoms with E-state index in [0.29, 0.717) is 6.54 Å². The Morgan fingerprint density at radius 3 is 2.72 bits per heavy atom. The van der Waals surface area contributed by atoms with Gasteiger partial charge in [-0.25, -0.2) is 4.98 Å². The van der Waals surface area contributed by atoms with Gasteiger partial charge in [0.2, 0.25) is 0 Å². The smallest absolute Gasteiger partial charge is 0.369 e. The van der Waals surface area contributed by atoms with E-state index in [0.717, 1.165) is 24.3 Å². The van der Waals surface area contributed by atoms with Crippen LogP contribution in [0.1, 0.15) is 17.7 Å². The molecule has 0 radical (unpaired) electrons. The standard InChI is InChI=1S/C11H12F3N3S/c1-18-6-2-5-16-10-8(7-15)3-4-9(17-10)11(12,13)14/h3-4H,2,5-6H2,1H3,(H,16,17). The predicted octanol–water partition coefficient (Wildman–Crippen LogP) is 3.14. The van der Waals surface area contributed by atoms with Crippen LogP contribution in [0.15, 0.2) is 12.1 Å². The van der Waals surface area contributed by atoms with Crippen LogP contribution in [-0.4, -0.2) is 23.5 Å². The van der Waals surface area contributed by atoms with Crippen molar-refractivity contribution in [1.29, 1.82) is 5.26 Å². The number of nitrogens with one attached hydrogen (secondary N) is 1. The summed E-state index contributed by atoms with van der Waals surface area (Å²) >= 11 is 1.65. The Kier molecular flexibility index (Phi) is 5.28. The third-order valence-corrected chi connectivity index (χ3v) is 2.82. The number of hydrogen-bond donors (Lipinski definition) is 1. The molecule has 0 aromatic carbocycles. The Bertz CT molecular complexity index is 440. The number of pyridine rings is 1. The van der Waals surface area contributed by atoms with Gasteiger partial charge in [-0.15, -0.1) is 0 Å². The van der Waals surface area contributed by atoms with Crippen molar-refractivity contribution in [2.24, 2.45) is 0 Å². The molecule has 0 amide bonds. The summed E-state index contributed by atoms with van der Waals surface area (Å²) in [5.74, 6) is 0.891. The number of thioether (sulfide) groups is 1. The van der Waals surface area contributed by atoms with E-state index in [-0.39, 0.29) is 11.4 Å². The van der Waals surface area contributed by atoms with Gasteiger partial charge in [-0.3, -0.25) is 0 Å². The molecule has 1 aromatic rings. The third kappa shape index (κ3) is 4.11. The Labute approximate surface area is 107 Å². The summed E-state index contributed by atoms with van der Waals surface area (Å²) in [5, 5.41) is 11.6. The number of anilines is 1. The minimum atomic E-state index is -4.50. The van der Waals surface area contributed by atoms with Crippen LogP contribution in [0.3, 0.4) is 0 Å². The number of aromatic nitrogens is 1. The van der Waals surface area contributed by atoms with E-state index >= 15 is 0 Å². The highest BCUT2D eigenvalue weighted by molar-refractivity contribution is 7.98. The first-order chi connectivity index (χ1) is 8.49. The minimum absolute atomic E-state index is 0.00609. The lowest BCUT2D eigenvalue weighted by atomic mass is 10.2. The first kappa shape index (κ1) is 14.6. The van der Waals surface area contributed by atoms with Gasteiger partial charge >= 0.3 is 6.18 Å². The van der Waals surface area contributed by atoms with Crippen molar-refractivity contribution in [3.8, 4) is 6.07 Å². The van der Waals surface area contributed by atoms with Crippen LogP contribution >= 0.6 is 11.8 Å². The van der Waals surface area contributed by atoms with Crippen molar-refractivity contribution in [2.45, 2.75) is 12.6 Å². The summed E-state index contributed by atoms with van der Waals surface area (Å²) in [6, 6.07) is 3.76. The van der Waals surface area contributed by atoms with Gasteiger partial charge in [0, 0.05) is 6.54 Å². The summed E-state index contributed by atoms with van der Waals surface area (Å²) in [4.78, 5) is 3.45. The van der Waals surface area contributed by atoms with E-state index in [2.05, 4.69) is 10.3 Å². The Morgan fingerprint density at radius 1 is 1.44 bits per heavy atom. The second kappa shape index (κ2) is 6.50. The van der Waals surface area contributed by atoms with Crippen LogP contribution in [0.5, 0.6) is 0 Å². The minimum Gasteiger partial charge on any atom is -0.369 e. The maximum Gasteiger partial charge on any atom is 0.433 e. The van der Waals surface area contributed by atoms with Gasteiger partial charge in [-0.1, -0.05) is 0 Å². The van der Waals surface area contributed by atoms with Crippen molar-refractivity contribution in [1.82, 2.24) is 4.98 Å². The number of nitrogens with zero attached hydrogens (tertiary/aromatic N) is 2. The summed E-state index contributed by atoms with van der Waals surface area (Å²) < 4.78 is 37.4. The van der Waals surface area contributed by atoms with Crippen LogP contribution in [0.2, 0.25) is 0 Å². The molecule has 7 heteroatoms. The van der Waals surface area contributed by atoms with Crippen molar-refractivity contribution in [3.63, 3.8) is 0 Å². The fourth-order valence-electron chi connectivity index (χ4n) is 1.27. The lowest BCUT2D eigenvalue weighted by Crippen LogP contribution is -2.12. The average molecular weight is 275 g/mol. The molecule has 0 spiro atoms. The fourth-order valence-corrected chi connectivity index (χ4v) is 1.70. The molecule has 0 fully saturated rings. The third-order valence-electron chi connectivity index (χ3n) is 2.12. The van der Waals surface area contributed by atoms with E-state index in [1.54, 1.807) is 11.8 Å². The molecule has 0 atom stereocenters. The van der Waals surface area contributed by atoms with Crippen LogP contribution in [0, 0.1) is 11.3 Å². The van der Waals surface area contributed by atoms with Crippen molar-refractivity contribution >= 4 is 17.6 Å². The van der Waals surface area contributed by atoms with Gasteiger partial charge in [0.05, 0.1) is 5.56 Å². The van der Waals surface area contributed by atoms with Crippen LogP contribution in [-0.2, 0) is 6.18 Å². The maximum absolute atomic E-state index is 12.5. The van der Waals surface area contributed by atoms with E-state index in [4.69, 9.17) is 5.26 Å². The lowest BCUT2D eigenvalue weighted by Gasteiger charge is -2.10. The van der Waals surface area contributed by atoms with E-state index in [1.165, 1.54) is 0 Å². The first-order valence-electron chi connectivity index (χ1n) is 5.20.